The van der Waals surface area contributed by atoms with Crippen LogP contribution in [0, 0.1) is 0 Å². The number of ether oxygens (including phenoxy) is 4. The van der Waals surface area contributed by atoms with Gasteiger partial charge < -0.3 is 34.5 Å². The highest BCUT2D eigenvalue weighted by atomic mass is 16.7. The molecule has 1 saturated heterocycles. The number of rotatable bonds is 6. The molecule has 1 fully saturated rings. The summed E-state index contributed by atoms with van der Waals surface area (Å²) < 4.78 is 20.6. The van der Waals surface area contributed by atoms with Crippen LogP contribution in [0.4, 0.5) is 0 Å². The Morgan fingerprint density at radius 1 is 1.36 bits per heavy atom. The summed E-state index contributed by atoms with van der Waals surface area (Å²) >= 11 is 0. The third kappa shape index (κ3) is 4.37. The number of amides is 1. The second-order valence-electron chi connectivity index (χ2n) is 4.94. The summed E-state index contributed by atoms with van der Waals surface area (Å²) in [5.41, 5.74) is 0. The number of carbonyl (C=O) groups excluding carboxylic acids is 2. The van der Waals surface area contributed by atoms with Crippen molar-refractivity contribution in [3.05, 3.63) is 0 Å². The molecule has 9 nitrogen and oxygen atoms in total. The van der Waals surface area contributed by atoms with Gasteiger partial charge in [0.15, 0.2) is 12.4 Å². The van der Waals surface area contributed by atoms with Gasteiger partial charge in [0.1, 0.15) is 24.4 Å². The summed E-state index contributed by atoms with van der Waals surface area (Å²) in [5.74, 6) is -1.01. The molecule has 0 saturated carbocycles. The van der Waals surface area contributed by atoms with Crippen molar-refractivity contribution in [3.63, 3.8) is 0 Å². The third-order valence-electron chi connectivity index (χ3n) is 3.35. The zero-order valence-corrected chi connectivity index (χ0v) is 13.0. The lowest BCUT2D eigenvalue weighted by Gasteiger charge is -2.44. The molecule has 1 aliphatic rings. The molecule has 0 radical (unpaired) electrons. The number of nitrogens with one attached hydrogen (secondary N) is 1. The molecule has 0 aromatic carbocycles. The number of hydrogen-bond donors (Lipinski definition) is 3. The molecule has 0 aliphatic carbocycles. The summed E-state index contributed by atoms with van der Waals surface area (Å²) in [4.78, 5) is 22.8. The summed E-state index contributed by atoms with van der Waals surface area (Å²) in [7, 11) is 2.56. The van der Waals surface area contributed by atoms with Crippen molar-refractivity contribution in [3.8, 4) is 0 Å². The zero-order valence-electron chi connectivity index (χ0n) is 13.0. The second kappa shape index (κ2) is 8.39. The average Bonchev–Trinajstić information content (AvgIpc) is 2.49. The van der Waals surface area contributed by atoms with E-state index in [1.165, 1.54) is 28.1 Å². The van der Waals surface area contributed by atoms with Crippen LogP contribution in [0.1, 0.15) is 13.8 Å². The Morgan fingerprint density at radius 3 is 2.45 bits per heavy atom. The van der Waals surface area contributed by atoms with Crippen molar-refractivity contribution >= 4 is 11.9 Å². The minimum absolute atomic E-state index is 0.385. The van der Waals surface area contributed by atoms with Gasteiger partial charge in [-0.25, -0.2) is 4.79 Å². The van der Waals surface area contributed by atoms with Crippen LogP contribution in [0.3, 0.4) is 0 Å². The summed E-state index contributed by atoms with van der Waals surface area (Å²) in [6.45, 7) is 2.27. The Hall–Kier alpha value is -1.26. The van der Waals surface area contributed by atoms with Crippen LogP contribution in [0.2, 0.25) is 0 Å². The maximum absolute atomic E-state index is 11.5. The lowest BCUT2D eigenvalue weighted by molar-refractivity contribution is -0.275. The summed E-state index contributed by atoms with van der Waals surface area (Å²) in [6, 6.07) is -0.854. The molecule has 1 rings (SSSR count). The van der Waals surface area contributed by atoms with Gasteiger partial charge in [-0.2, -0.15) is 0 Å². The van der Waals surface area contributed by atoms with E-state index in [1.807, 2.05) is 0 Å². The topological polar surface area (TPSA) is 124 Å². The molecule has 0 aromatic heterocycles. The second-order valence-corrected chi connectivity index (χ2v) is 4.94. The monoisotopic (exact) mass is 321 g/mol. The SMILES string of the molecule is COC(=O)[C@@H](C)O[C@H]1[C@H](O)[C@@H](CO)O[C@@H](OC)[C@@H]1NC(C)=O. The fraction of sp³-hybridized carbons (Fsp3) is 0.846. The molecule has 1 amide bonds. The summed E-state index contributed by atoms with van der Waals surface area (Å²) in [5, 5.41) is 22.1. The molecule has 3 N–H and O–H groups in total. The molecule has 0 unspecified atom stereocenters. The van der Waals surface area contributed by atoms with Gasteiger partial charge in [0.05, 0.1) is 13.7 Å². The Bertz CT molecular complexity index is 390. The first-order valence-electron chi connectivity index (χ1n) is 6.83. The van der Waals surface area contributed by atoms with Crippen LogP contribution in [0.25, 0.3) is 0 Å². The van der Waals surface area contributed by atoms with E-state index in [9.17, 15) is 19.8 Å². The lowest BCUT2D eigenvalue weighted by Crippen LogP contribution is -2.65. The van der Waals surface area contributed by atoms with Gasteiger partial charge in [0, 0.05) is 14.0 Å². The molecule has 128 valence electrons. The van der Waals surface area contributed by atoms with Crippen LogP contribution in [0.15, 0.2) is 0 Å². The third-order valence-corrected chi connectivity index (χ3v) is 3.35. The Kier molecular flexibility index (Phi) is 7.17. The van der Waals surface area contributed by atoms with Crippen molar-refractivity contribution in [2.24, 2.45) is 0 Å². The van der Waals surface area contributed by atoms with E-state index in [-0.39, 0.29) is 5.91 Å². The van der Waals surface area contributed by atoms with E-state index in [4.69, 9.17) is 14.2 Å². The minimum Gasteiger partial charge on any atom is -0.467 e. The van der Waals surface area contributed by atoms with E-state index in [0.29, 0.717) is 0 Å². The fourth-order valence-electron chi connectivity index (χ4n) is 2.28. The number of hydrogen-bond acceptors (Lipinski definition) is 8. The lowest BCUT2D eigenvalue weighted by atomic mass is 9.96. The molecule has 0 bridgehead atoms. The number of aliphatic hydroxyl groups excluding tert-OH is 2. The standard InChI is InChI=1S/C13H23NO8/c1-6(12(18)19-3)21-11-9(14-7(2)16)13(20-4)22-8(5-15)10(11)17/h6,8-11,13,15,17H,5H2,1-4H3,(H,14,16)/t6-,8-,9-,10-,11-,13-/m1/s1. The average molecular weight is 321 g/mol. The van der Waals surface area contributed by atoms with Gasteiger partial charge in [0.2, 0.25) is 5.91 Å². The van der Waals surface area contributed by atoms with Crippen LogP contribution in [-0.2, 0) is 28.5 Å². The minimum atomic E-state index is -1.26. The van der Waals surface area contributed by atoms with Gasteiger partial charge in [0.25, 0.3) is 0 Å². The van der Waals surface area contributed by atoms with Crippen molar-refractivity contribution in [1.82, 2.24) is 5.32 Å². The van der Waals surface area contributed by atoms with E-state index in [0.717, 1.165) is 0 Å². The predicted molar refractivity (Wildman–Crippen MR) is 72.7 cm³/mol. The van der Waals surface area contributed by atoms with Crippen LogP contribution in [0.5, 0.6) is 0 Å². The van der Waals surface area contributed by atoms with Crippen LogP contribution < -0.4 is 5.32 Å². The fourth-order valence-corrected chi connectivity index (χ4v) is 2.28. The maximum atomic E-state index is 11.5. The number of aliphatic hydroxyl groups is 2. The van der Waals surface area contributed by atoms with Gasteiger partial charge in [-0.15, -0.1) is 0 Å². The Labute approximate surface area is 128 Å². The quantitative estimate of drug-likeness (QED) is 0.488. The van der Waals surface area contributed by atoms with E-state index >= 15 is 0 Å². The molecular formula is C13H23NO8. The molecule has 1 heterocycles. The number of methoxy groups -OCH3 is 2. The van der Waals surface area contributed by atoms with Crippen LogP contribution in [-0.4, -0.2) is 79.7 Å². The molecule has 1 aliphatic heterocycles. The molecule has 9 heteroatoms. The zero-order chi connectivity index (χ0) is 16.9. The van der Waals surface area contributed by atoms with Crippen molar-refractivity contribution in [2.75, 3.05) is 20.8 Å². The Balaban J connectivity index is 2.99. The largest absolute Gasteiger partial charge is 0.467 e. The highest BCUT2D eigenvalue weighted by molar-refractivity contribution is 5.74. The van der Waals surface area contributed by atoms with Crippen molar-refractivity contribution in [2.45, 2.75) is 50.6 Å². The maximum Gasteiger partial charge on any atom is 0.334 e. The van der Waals surface area contributed by atoms with Gasteiger partial charge in [-0.1, -0.05) is 0 Å². The highest BCUT2D eigenvalue weighted by Gasteiger charge is 2.47. The first kappa shape index (κ1) is 18.8. The highest BCUT2D eigenvalue weighted by Crippen LogP contribution is 2.25. The molecule has 0 aromatic rings. The molecule has 0 spiro atoms. The van der Waals surface area contributed by atoms with E-state index < -0.39 is 49.3 Å². The molecule has 6 atom stereocenters. The van der Waals surface area contributed by atoms with Gasteiger partial charge >= 0.3 is 5.97 Å². The van der Waals surface area contributed by atoms with E-state index in [2.05, 4.69) is 10.1 Å². The first-order chi connectivity index (χ1) is 10.3. The normalized spacial score (nSPS) is 33.1. The summed E-state index contributed by atoms with van der Waals surface area (Å²) in [6.07, 6.45) is -5.17. The van der Waals surface area contributed by atoms with Gasteiger partial charge in [-0.05, 0) is 6.92 Å². The van der Waals surface area contributed by atoms with Crippen molar-refractivity contribution in [1.29, 1.82) is 0 Å². The van der Waals surface area contributed by atoms with Gasteiger partial charge in [-0.3, -0.25) is 4.79 Å². The molecular weight excluding hydrogens is 298 g/mol. The predicted octanol–water partition coefficient (Wildman–Crippen LogP) is -1.84. The number of esters is 1. The van der Waals surface area contributed by atoms with Crippen molar-refractivity contribution < 1.29 is 38.7 Å². The Morgan fingerprint density at radius 2 is 2.00 bits per heavy atom. The van der Waals surface area contributed by atoms with E-state index in [1.54, 1.807) is 0 Å². The first-order valence-corrected chi connectivity index (χ1v) is 6.83. The smallest absolute Gasteiger partial charge is 0.334 e. The number of carbonyl (C=O) groups is 2. The van der Waals surface area contributed by atoms with Crippen LogP contribution >= 0.6 is 0 Å². The molecule has 22 heavy (non-hydrogen) atoms.